The summed E-state index contributed by atoms with van der Waals surface area (Å²) in [7, 11) is 0. The van der Waals surface area contributed by atoms with E-state index in [1.807, 2.05) is 19.1 Å². The molecule has 4 nitrogen and oxygen atoms in total. The first-order valence-corrected chi connectivity index (χ1v) is 6.34. The van der Waals surface area contributed by atoms with Crippen LogP contribution in [-0.4, -0.2) is 14.9 Å². The van der Waals surface area contributed by atoms with Gasteiger partial charge in [-0.1, -0.05) is 26.0 Å². The van der Waals surface area contributed by atoms with E-state index in [1.54, 1.807) is 4.68 Å². The summed E-state index contributed by atoms with van der Waals surface area (Å²) < 4.78 is 1.68. The molecule has 1 aromatic heterocycles. The first-order valence-electron chi connectivity index (χ1n) is 6.34. The predicted octanol–water partition coefficient (Wildman–Crippen LogP) is 2.16. The molecular formula is C15H18N2O2. The van der Waals surface area contributed by atoms with Crippen molar-refractivity contribution in [3.05, 3.63) is 57.5 Å². The van der Waals surface area contributed by atoms with Crippen LogP contribution in [0.25, 0.3) is 5.69 Å². The van der Waals surface area contributed by atoms with Crippen LogP contribution in [0.2, 0.25) is 0 Å². The number of aliphatic hydroxyl groups excluding tert-OH is 1. The summed E-state index contributed by atoms with van der Waals surface area (Å²) in [6, 6.07) is 9.55. The third kappa shape index (κ3) is 2.74. The zero-order valence-electron chi connectivity index (χ0n) is 11.4. The molecule has 0 amide bonds. The van der Waals surface area contributed by atoms with Crippen LogP contribution < -0.4 is 5.43 Å². The van der Waals surface area contributed by atoms with Crippen LogP contribution in [0.15, 0.2) is 35.1 Å². The van der Waals surface area contributed by atoms with Gasteiger partial charge in [-0.05, 0) is 30.5 Å². The SMILES string of the molecule is Cc1cc(=O)c(CO)nn1-c1ccc(C(C)C)cc1. The van der Waals surface area contributed by atoms with Gasteiger partial charge < -0.3 is 5.11 Å². The van der Waals surface area contributed by atoms with Crippen LogP contribution in [0.4, 0.5) is 0 Å². The highest BCUT2D eigenvalue weighted by atomic mass is 16.3. The highest BCUT2D eigenvalue weighted by Gasteiger charge is 2.07. The van der Waals surface area contributed by atoms with Crippen molar-refractivity contribution in [3.63, 3.8) is 0 Å². The van der Waals surface area contributed by atoms with Crippen molar-refractivity contribution in [2.24, 2.45) is 0 Å². The van der Waals surface area contributed by atoms with Crippen molar-refractivity contribution in [1.82, 2.24) is 9.78 Å². The molecule has 0 aliphatic rings. The van der Waals surface area contributed by atoms with Crippen LogP contribution in [0.1, 0.15) is 36.7 Å². The van der Waals surface area contributed by atoms with Gasteiger partial charge >= 0.3 is 0 Å². The van der Waals surface area contributed by atoms with E-state index in [0.717, 1.165) is 11.4 Å². The Balaban J connectivity index is 2.49. The van der Waals surface area contributed by atoms with Crippen LogP contribution in [0.5, 0.6) is 0 Å². The first kappa shape index (κ1) is 13.5. The fourth-order valence-electron chi connectivity index (χ4n) is 1.95. The van der Waals surface area contributed by atoms with Crippen molar-refractivity contribution in [3.8, 4) is 5.69 Å². The Labute approximate surface area is 112 Å². The highest BCUT2D eigenvalue weighted by molar-refractivity contribution is 5.36. The Hall–Kier alpha value is -1.94. The normalized spacial score (nSPS) is 11.0. The van der Waals surface area contributed by atoms with Gasteiger partial charge in [0.2, 0.25) is 5.43 Å². The molecule has 0 unspecified atom stereocenters. The molecule has 100 valence electrons. The van der Waals surface area contributed by atoms with Crippen LogP contribution in [-0.2, 0) is 6.61 Å². The van der Waals surface area contributed by atoms with Gasteiger partial charge in [0.05, 0.1) is 12.3 Å². The summed E-state index contributed by atoms with van der Waals surface area (Å²) in [5.41, 5.74) is 2.83. The highest BCUT2D eigenvalue weighted by Crippen LogP contribution is 2.17. The lowest BCUT2D eigenvalue weighted by Crippen LogP contribution is -2.18. The van der Waals surface area contributed by atoms with E-state index in [4.69, 9.17) is 5.11 Å². The van der Waals surface area contributed by atoms with Gasteiger partial charge in [-0.3, -0.25) is 4.79 Å². The largest absolute Gasteiger partial charge is 0.390 e. The average Bonchev–Trinajstić information content (AvgIpc) is 2.39. The van der Waals surface area contributed by atoms with Gasteiger partial charge in [0.15, 0.2) is 0 Å². The lowest BCUT2D eigenvalue weighted by atomic mass is 10.0. The topological polar surface area (TPSA) is 55.1 Å². The number of aromatic nitrogens is 2. The molecule has 0 aliphatic carbocycles. The van der Waals surface area contributed by atoms with Crippen molar-refractivity contribution in [2.75, 3.05) is 0 Å². The maximum absolute atomic E-state index is 11.6. The molecule has 19 heavy (non-hydrogen) atoms. The number of nitrogens with zero attached hydrogens (tertiary/aromatic N) is 2. The number of rotatable bonds is 3. The first-order chi connectivity index (χ1) is 9.02. The molecular weight excluding hydrogens is 240 g/mol. The van der Waals surface area contributed by atoms with E-state index in [2.05, 4.69) is 31.1 Å². The fraction of sp³-hybridized carbons (Fsp3) is 0.333. The number of hydrogen-bond donors (Lipinski definition) is 1. The van der Waals surface area contributed by atoms with E-state index < -0.39 is 0 Å². The molecule has 0 aliphatic heterocycles. The van der Waals surface area contributed by atoms with Gasteiger partial charge in [0.1, 0.15) is 5.69 Å². The van der Waals surface area contributed by atoms with E-state index in [1.165, 1.54) is 11.6 Å². The number of hydrogen-bond acceptors (Lipinski definition) is 3. The minimum Gasteiger partial charge on any atom is -0.390 e. The van der Waals surface area contributed by atoms with Crippen LogP contribution in [0, 0.1) is 6.92 Å². The van der Waals surface area contributed by atoms with Crippen molar-refractivity contribution < 1.29 is 5.11 Å². The summed E-state index contributed by atoms with van der Waals surface area (Å²) in [4.78, 5) is 11.6. The molecule has 0 saturated heterocycles. The quantitative estimate of drug-likeness (QED) is 0.917. The summed E-state index contributed by atoms with van der Waals surface area (Å²) >= 11 is 0. The van der Waals surface area contributed by atoms with E-state index >= 15 is 0 Å². The second-order valence-corrected chi connectivity index (χ2v) is 4.91. The molecule has 0 radical (unpaired) electrons. The Morgan fingerprint density at radius 3 is 2.42 bits per heavy atom. The summed E-state index contributed by atoms with van der Waals surface area (Å²) in [6.07, 6.45) is 0. The van der Waals surface area contributed by atoms with Crippen molar-refractivity contribution in [2.45, 2.75) is 33.3 Å². The third-order valence-electron chi connectivity index (χ3n) is 3.13. The molecule has 2 aromatic rings. The van der Waals surface area contributed by atoms with Crippen molar-refractivity contribution >= 4 is 0 Å². The zero-order chi connectivity index (χ0) is 14.0. The summed E-state index contributed by atoms with van der Waals surface area (Å²) in [5.74, 6) is 0.477. The maximum atomic E-state index is 11.6. The molecule has 0 bridgehead atoms. The smallest absolute Gasteiger partial charge is 0.206 e. The molecule has 4 heteroatoms. The fourth-order valence-corrected chi connectivity index (χ4v) is 1.95. The second kappa shape index (κ2) is 5.36. The number of benzene rings is 1. The Bertz CT molecular complexity index is 628. The van der Waals surface area contributed by atoms with Gasteiger partial charge in [0, 0.05) is 11.8 Å². The Morgan fingerprint density at radius 2 is 1.89 bits per heavy atom. The summed E-state index contributed by atoms with van der Waals surface area (Å²) in [6.45, 7) is 5.76. The van der Waals surface area contributed by atoms with Gasteiger partial charge in [-0.25, -0.2) is 4.68 Å². The zero-order valence-corrected chi connectivity index (χ0v) is 11.4. The Kier molecular flexibility index (Phi) is 3.81. The molecule has 1 aromatic carbocycles. The third-order valence-corrected chi connectivity index (χ3v) is 3.13. The van der Waals surface area contributed by atoms with E-state index in [9.17, 15) is 4.79 Å². The molecule has 0 atom stereocenters. The van der Waals surface area contributed by atoms with Gasteiger partial charge in [-0.2, -0.15) is 5.10 Å². The molecule has 0 spiro atoms. The predicted molar refractivity (Wildman–Crippen MR) is 74.6 cm³/mol. The number of aryl methyl sites for hydroxylation is 1. The van der Waals surface area contributed by atoms with Crippen LogP contribution >= 0.6 is 0 Å². The maximum Gasteiger partial charge on any atom is 0.206 e. The lowest BCUT2D eigenvalue weighted by molar-refractivity contribution is 0.273. The van der Waals surface area contributed by atoms with Crippen molar-refractivity contribution in [1.29, 1.82) is 0 Å². The molecule has 2 rings (SSSR count). The second-order valence-electron chi connectivity index (χ2n) is 4.91. The molecule has 1 heterocycles. The van der Waals surface area contributed by atoms with E-state index in [-0.39, 0.29) is 17.7 Å². The summed E-state index contributed by atoms with van der Waals surface area (Å²) in [5, 5.41) is 13.3. The monoisotopic (exact) mass is 258 g/mol. The van der Waals surface area contributed by atoms with Gasteiger partial charge in [0.25, 0.3) is 0 Å². The molecule has 1 N–H and O–H groups in total. The minimum absolute atomic E-state index is 0.165. The molecule has 0 fully saturated rings. The standard InChI is InChI=1S/C15H18N2O2/c1-10(2)12-4-6-13(7-5-12)17-11(3)8-15(19)14(9-18)16-17/h4-8,10,18H,9H2,1-3H3. The van der Waals surface area contributed by atoms with E-state index in [0.29, 0.717) is 5.92 Å². The number of aliphatic hydroxyl groups is 1. The van der Waals surface area contributed by atoms with Gasteiger partial charge in [-0.15, -0.1) is 0 Å². The Morgan fingerprint density at radius 1 is 1.26 bits per heavy atom. The molecule has 0 saturated carbocycles. The van der Waals surface area contributed by atoms with Crippen LogP contribution in [0.3, 0.4) is 0 Å². The lowest BCUT2D eigenvalue weighted by Gasteiger charge is -2.12. The average molecular weight is 258 g/mol. The minimum atomic E-state index is -0.344.